The molecule has 1 fully saturated rings. The quantitative estimate of drug-likeness (QED) is 0.857. The highest BCUT2D eigenvalue weighted by atomic mass is 16.1. The average molecular weight is 298 g/mol. The first-order valence-corrected chi connectivity index (χ1v) is 8.26. The molecule has 0 unspecified atom stereocenters. The SMILES string of the molecule is CC1(C)CC(=O)C=C(N2CCN(Cc3ccccc3)CC2)C1. The molecule has 1 saturated heterocycles. The van der Waals surface area contributed by atoms with E-state index in [-0.39, 0.29) is 11.2 Å². The molecule has 2 aliphatic rings. The minimum Gasteiger partial charge on any atom is -0.372 e. The minimum atomic E-state index is 0.113. The van der Waals surface area contributed by atoms with E-state index >= 15 is 0 Å². The topological polar surface area (TPSA) is 23.6 Å². The average Bonchev–Trinajstić information content (AvgIpc) is 2.47. The Hall–Kier alpha value is -1.61. The Morgan fingerprint density at radius 1 is 1.00 bits per heavy atom. The second kappa shape index (κ2) is 6.25. The largest absolute Gasteiger partial charge is 0.372 e. The van der Waals surface area contributed by atoms with Crippen LogP contribution < -0.4 is 0 Å². The van der Waals surface area contributed by atoms with Crippen LogP contribution in [0.2, 0.25) is 0 Å². The second-order valence-corrected chi connectivity index (χ2v) is 7.37. The lowest BCUT2D eigenvalue weighted by molar-refractivity contribution is -0.117. The van der Waals surface area contributed by atoms with Crippen molar-refractivity contribution in [3.63, 3.8) is 0 Å². The molecule has 0 atom stereocenters. The van der Waals surface area contributed by atoms with E-state index in [4.69, 9.17) is 0 Å². The van der Waals surface area contributed by atoms with Crippen LogP contribution in [0, 0.1) is 5.41 Å². The van der Waals surface area contributed by atoms with Gasteiger partial charge in [0.25, 0.3) is 0 Å². The van der Waals surface area contributed by atoms with Crippen molar-refractivity contribution in [3.05, 3.63) is 47.7 Å². The molecule has 0 bridgehead atoms. The lowest BCUT2D eigenvalue weighted by Crippen LogP contribution is -2.46. The lowest BCUT2D eigenvalue weighted by atomic mass is 9.78. The van der Waals surface area contributed by atoms with E-state index in [2.05, 4.69) is 54.0 Å². The van der Waals surface area contributed by atoms with E-state index in [1.165, 1.54) is 11.3 Å². The van der Waals surface area contributed by atoms with Gasteiger partial charge in [-0.25, -0.2) is 0 Å². The zero-order valence-electron chi connectivity index (χ0n) is 13.7. The van der Waals surface area contributed by atoms with Crippen LogP contribution >= 0.6 is 0 Å². The van der Waals surface area contributed by atoms with Crippen LogP contribution in [0.5, 0.6) is 0 Å². The Morgan fingerprint density at radius 2 is 1.68 bits per heavy atom. The van der Waals surface area contributed by atoms with Crippen molar-refractivity contribution in [1.29, 1.82) is 0 Å². The minimum absolute atomic E-state index is 0.113. The Kier molecular flexibility index (Phi) is 4.34. The molecule has 1 aliphatic carbocycles. The van der Waals surface area contributed by atoms with Gasteiger partial charge in [0.1, 0.15) is 0 Å². The molecule has 0 spiro atoms. The van der Waals surface area contributed by atoms with Gasteiger partial charge in [0, 0.05) is 50.9 Å². The number of piperazine rings is 1. The molecule has 0 aromatic heterocycles. The van der Waals surface area contributed by atoms with Gasteiger partial charge in [0.2, 0.25) is 0 Å². The van der Waals surface area contributed by atoms with E-state index in [0.717, 1.165) is 39.1 Å². The van der Waals surface area contributed by atoms with Crippen LogP contribution in [-0.4, -0.2) is 41.8 Å². The number of ketones is 1. The maximum absolute atomic E-state index is 11.9. The molecule has 3 heteroatoms. The van der Waals surface area contributed by atoms with Crippen LogP contribution in [0.4, 0.5) is 0 Å². The van der Waals surface area contributed by atoms with Crippen LogP contribution in [0.1, 0.15) is 32.3 Å². The van der Waals surface area contributed by atoms with Crippen molar-refractivity contribution in [2.45, 2.75) is 33.2 Å². The standard InChI is InChI=1S/C19H26N2O/c1-19(2)13-17(12-18(22)14-19)21-10-8-20(9-11-21)15-16-6-4-3-5-7-16/h3-7,12H,8-11,13-15H2,1-2H3. The maximum Gasteiger partial charge on any atom is 0.157 e. The molecule has 0 saturated carbocycles. The molecular weight excluding hydrogens is 272 g/mol. The van der Waals surface area contributed by atoms with Gasteiger partial charge < -0.3 is 4.90 Å². The first-order valence-electron chi connectivity index (χ1n) is 8.26. The summed E-state index contributed by atoms with van der Waals surface area (Å²) in [7, 11) is 0. The lowest BCUT2D eigenvalue weighted by Gasteiger charge is -2.41. The van der Waals surface area contributed by atoms with Crippen LogP contribution in [0.15, 0.2) is 42.1 Å². The van der Waals surface area contributed by atoms with Crippen LogP contribution in [0.25, 0.3) is 0 Å². The molecule has 1 aromatic carbocycles. The fourth-order valence-corrected chi connectivity index (χ4v) is 3.55. The predicted octanol–water partition coefficient (Wildman–Crippen LogP) is 3.08. The summed E-state index contributed by atoms with van der Waals surface area (Å²) in [5.74, 6) is 0.290. The first-order chi connectivity index (χ1) is 10.5. The van der Waals surface area contributed by atoms with Crippen molar-refractivity contribution in [3.8, 4) is 0 Å². The molecule has 1 aromatic rings. The second-order valence-electron chi connectivity index (χ2n) is 7.37. The molecule has 3 nitrogen and oxygen atoms in total. The summed E-state index contributed by atoms with van der Waals surface area (Å²) in [6, 6.07) is 10.7. The molecule has 22 heavy (non-hydrogen) atoms. The molecule has 3 rings (SSSR count). The number of rotatable bonds is 3. The summed E-state index contributed by atoms with van der Waals surface area (Å²) in [5, 5.41) is 0. The molecule has 1 aliphatic heterocycles. The fourth-order valence-electron chi connectivity index (χ4n) is 3.55. The highest BCUT2D eigenvalue weighted by Crippen LogP contribution is 2.35. The summed E-state index contributed by atoms with van der Waals surface area (Å²) >= 11 is 0. The zero-order chi connectivity index (χ0) is 15.6. The zero-order valence-corrected chi connectivity index (χ0v) is 13.7. The van der Waals surface area contributed by atoms with Crippen LogP contribution in [-0.2, 0) is 11.3 Å². The number of carbonyl (C=O) groups is 1. The Bertz CT molecular complexity index is 554. The molecule has 0 amide bonds. The molecule has 1 heterocycles. The number of carbonyl (C=O) groups excluding carboxylic acids is 1. The van der Waals surface area contributed by atoms with E-state index in [1.807, 2.05) is 6.08 Å². The summed E-state index contributed by atoms with van der Waals surface area (Å²) in [5.41, 5.74) is 2.74. The van der Waals surface area contributed by atoms with Gasteiger partial charge in [-0.3, -0.25) is 9.69 Å². The Balaban J connectivity index is 1.57. The fraction of sp³-hybridized carbons (Fsp3) is 0.526. The van der Waals surface area contributed by atoms with Crippen molar-refractivity contribution < 1.29 is 4.79 Å². The van der Waals surface area contributed by atoms with Gasteiger partial charge in [0.15, 0.2) is 5.78 Å². The predicted molar refractivity (Wildman–Crippen MR) is 89.4 cm³/mol. The van der Waals surface area contributed by atoms with E-state index in [0.29, 0.717) is 6.42 Å². The number of hydrogen-bond donors (Lipinski definition) is 0. The van der Waals surface area contributed by atoms with Gasteiger partial charge in [-0.2, -0.15) is 0 Å². The third-order valence-corrected chi connectivity index (χ3v) is 4.67. The Morgan fingerprint density at radius 3 is 2.32 bits per heavy atom. The normalized spacial score (nSPS) is 22.5. The number of hydrogen-bond acceptors (Lipinski definition) is 3. The number of allylic oxidation sites excluding steroid dienone is 2. The molecular formula is C19H26N2O. The van der Waals surface area contributed by atoms with Crippen molar-refractivity contribution in [1.82, 2.24) is 9.80 Å². The van der Waals surface area contributed by atoms with Gasteiger partial charge in [-0.1, -0.05) is 44.2 Å². The number of benzene rings is 1. The number of nitrogens with zero attached hydrogens (tertiary/aromatic N) is 2. The monoisotopic (exact) mass is 298 g/mol. The maximum atomic E-state index is 11.9. The highest BCUT2D eigenvalue weighted by molar-refractivity contribution is 5.91. The molecule has 0 N–H and O–H groups in total. The molecule has 118 valence electrons. The van der Waals surface area contributed by atoms with E-state index in [9.17, 15) is 4.79 Å². The first kappa shape index (κ1) is 15.3. The van der Waals surface area contributed by atoms with E-state index < -0.39 is 0 Å². The van der Waals surface area contributed by atoms with Crippen molar-refractivity contribution >= 4 is 5.78 Å². The summed E-state index contributed by atoms with van der Waals surface area (Å²) < 4.78 is 0. The highest BCUT2D eigenvalue weighted by Gasteiger charge is 2.30. The smallest absolute Gasteiger partial charge is 0.157 e. The molecule has 0 radical (unpaired) electrons. The van der Waals surface area contributed by atoms with E-state index in [1.54, 1.807) is 0 Å². The van der Waals surface area contributed by atoms with Gasteiger partial charge >= 0.3 is 0 Å². The van der Waals surface area contributed by atoms with Crippen molar-refractivity contribution in [2.75, 3.05) is 26.2 Å². The van der Waals surface area contributed by atoms with Crippen LogP contribution in [0.3, 0.4) is 0 Å². The van der Waals surface area contributed by atoms with Gasteiger partial charge in [-0.05, 0) is 17.4 Å². The third kappa shape index (κ3) is 3.77. The third-order valence-electron chi connectivity index (χ3n) is 4.67. The van der Waals surface area contributed by atoms with Crippen molar-refractivity contribution in [2.24, 2.45) is 5.41 Å². The van der Waals surface area contributed by atoms with Gasteiger partial charge in [-0.15, -0.1) is 0 Å². The summed E-state index contributed by atoms with van der Waals surface area (Å²) in [4.78, 5) is 16.8. The Labute approximate surface area is 133 Å². The van der Waals surface area contributed by atoms with Gasteiger partial charge in [0.05, 0.1) is 0 Å². The summed E-state index contributed by atoms with van der Waals surface area (Å²) in [6.45, 7) is 9.62. The summed E-state index contributed by atoms with van der Waals surface area (Å²) in [6.07, 6.45) is 3.60.